The van der Waals surface area contributed by atoms with Crippen LogP contribution in [0.1, 0.15) is 17.0 Å². The Morgan fingerprint density at radius 3 is 2.42 bits per heavy atom. The number of fused-ring (bicyclic) bond motifs is 3. The van der Waals surface area contributed by atoms with E-state index in [4.69, 9.17) is 16.3 Å². The van der Waals surface area contributed by atoms with E-state index in [1.54, 1.807) is 24.3 Å². The zero-order chi connectivity index (χ0) is 23.0. The average molecular weight is 452 g/mol. The van der Waals surface area contributed by atoms with Crippen molar-refractivity contribution >= 4 is 29.3 Å². The number of benzene rings is 3. The highest BCUT2D eigenvalue weighted by Gasteiger charge is 2.64. The molecule has 0 N–H and O–H groups in total. The maximum Gasteiger partial charge on any atom is 0.334 e. The first-order valence-corrected chi connectivity index (χ1v) is 10.9. The van der Waals surface area contributed by atoms with E-state index in [1.807, 2.05) is 71.6 Å². The molecule has 0 aliphatic carbocycles. The Labute approximate surface area is 196 Å². The Morgan fingerprint density at radius 2 is 1.70 bits per heavy atom. The zero-order valence-corrected chi connectivity index (χ0v) is 18.2. The third-order valence-electron chi connectivity index (χ3n) is 6.33. The van der Waals surface area contributed by atoms with E-state index in [0.29, 0.717) is 10.8 Å². The lowest BCUT2D eigenvalue weighted by atomic mass is 9.70. The first-order chi connectivity index (χ1) is 16.1. The first-order valence-electron chi connectivity index (χ1n) is 10.5. The number of nitrogens with zero attached hydrogens (tertiary/aromatic N) is 3. The SMILES string of the molecule is N#CC1(C#N)C(c2ccccc2)C(C(=O)Oc2cccc(Cl)c2)N2c3ccccc3C=CC21. The lowest BCUT2D eigenvalue weighted by molar-refractivity contribution is -0.136. The summed E-state index contributed by atoms with van der Waals surface area (Å²) in [6, 6.07) is 26.5. The third kappa shape index (κ3) is 3.26. The second-order valence-electron chi connectivity index (χ2n) is 8.07. The number of halogens is 1. The fraction of sp³-hybridized carbons (Fsp3) is 0.148. The summed E-state index contributed by atoms with van der Waals surface area (Å²) in [7, 11) is 0. The summed E-state index contributed by atoms with van der Waals surface area (Å²) in [5, 5.41) is 21.2. The molecular formula is C27H18ClN3O2. The summed E-state index contributed by atoms with van der Waals surface area (Å²) in [4.78, 5) is 15.6. The number of esters is 1. The number of carbonyl (C=O) groups excluding carboxylic acids is 1. The van der Waals surface area contributed by atoms with E-state index in [1.165, 1.54) is 0 Å². The summed E-state index contributed by atoms with van der Waals surface area (Å²) in [5.41, 5.74) is 0.928. The third-order valence-corrected chi connectivity index (χ3v) is 6.57. The molecule has 1 saturated heterocycles. The smallest absolute Gasteiger partial charge is 0.334 e. The highest BCUT2D eigenvalue weighted by molar-refractivity contribution is 6.30. The molecule has 0 saturated carbocycles. The van der Waals surface area contributed by atoms with Gasteiger partial charge in [0, 0.05) is 16.6 Å². The van der Waals surface area contributed by atoms with Gasteiger partial charge in [0.15, 0.2) is 5.41 Å². The van der Waals surface area contributed by atoms with Crippen LogP contribution in [0.25, 0.3) is 6.08 Å². The zero-order valence-electron chi connectivity index (χ0n) is 17.4. The second-order valence-corrected chi connectivity index (χ2v) is 8.51. The predicted molar refractivity (Wildman–Crippen MR) is 125 cm³/mol. The van der Waals surface area contributed by atoms with Gasteiger partial charge in [-0.15, -0.1) is 0 Å². The summed E-state index contributed by atoms with van der Waals surface area (Å²) in [6.45, 7) is 0. The van der Waals surface area contributed by atoms with Crippen LogP contribution in [-0.4, -0.2) is 18.1 Å². The minimum atomic E-state index is -1.50. The standard InChI is InChI=1S/C27H18ClN3O2/c28-20-10-6-11-21(15-20)33-26(32)25-24(19-8-2-1-3-9-19)27(16-29,17-30)23-14-13-18-7-4-5-12-22(18)31(23)25/h1-15,23-25H. The quantitative estimate of drug-likeness (QED) is 0.396. The topological polar surface area (TPSA) is 77.1 Å². The molecule has 6 heteroatoms. The van der Waals surface area contributed by atoms with Gasteiger partial charge in [-0.25, -0.2) is 4.79 Å². The van der Waals surface area contributed by atoms with Crippen molar-refractivity contribution in [2.45, 2.75) is 18.0 Å². The number of ether oxygens (including phenoxy) is 1. The van der Waals surface area contributed by atoms with Gasteiger partial charge in [-0.05, 0) is 35.4 Å². The van der Waals surface area contributed by atoms with Gasteiger partial charge in [0.05, 0.1) is 18.2 Å². The Kier molecular flexibility index (Phi) is 5.13. The van der Waals surface area contributed by atoms with Crippen LogP contribution < -0.4 is 9.64 Å². The van der Waals surface area contributed by atoms with Crippen molar-refractivity contribution in [1.82, 2.24) is 0 Å². The number of nitriles is 2. The number of hydrogen-bond acceptors (Lipinski definition) is 5. The molecule has 0 spiro atoms. The molecule has 0 radical (unpaired) electrons. The second kappa shape index (κ2) is 8.13. The summed E-state index contributed by atoms with van der Waals surface area (Å²) < 4.78 is 5.77. The molecule has 0 bridgehead atoms. The van der Waals surface area contributed by atoms with Crippen LogP contribution in [-0.2, 0) is 4.79 Å². The summed E-state index contributed by atoms with van der Waals surface area (Å²) in [6.07, 6.45) is 3.75. The molecule has 160 valence electrons. The van der Waals surface area contributed by atoms with Crippen molar-refractivity contribution in [3.05, 3.63) is 101 Å². The van der Waals surface area contributed by atoms with Crippen LogP contribution in [0.4, 0.5) is 5.69 Å². The minimum Gasteiger partial charge on any atom is -0.425 e. The Hall–Kier alpha value is -4.06. The predicted octanol–water partition coefficient (Wildman–Crippen LogP) is 5.35. The Balaban J connectivity index is 1.70. The average Bonchev–Trinajstić information content (AvgIpc) is 3.16. The van der Waals surface area contributed by atoms with E-state index in [2.05, 4.69) is 12.1 Å². The van der Waals surface area contributed by atoms with Crippen molar-refractivity contribution in [2.75, 3.05) is 4.90 Å². The molecule has 5 nitrogen and oxygen atoms in total. The Bertz CT molecular complexity index is 1330. The van der Waals surface area contributed by atoms with Crippen molar-refractivity contribution in [3.63, 3.8) is 0 Å². The van der Waals surface area contributed by atoms with Gasteiger partial charge >= 0.3 is 5.97 Å². The molecule has 33 heavy (non-hydrogen) atoms. The number of carbonyl (C=O) groups is 1. The van der Waals surface area contributed by atoms with Crippen molar-refractivity contribution < 1.29 is 9.53 Å². The molecule has 5 rings (SSSR count). The van der Waals surface area contributed by atoms with Crippen LogP contribution in [0.3, 0.4) is 0 Å². The maximum absolute atomic E-state index is 13.7. The van der Waals surface area contributed by atoms with Gasteiger partial charge in [-0.1, -0.05) is 78.4 Å². The van der Waals surface area contributed by atoms with Gasteiger partial charge < -0.3 is 9.64 Å². The number of hydrogen-bond donors (Lipinski definition) is 0. The fourth-order valence-corrected chi connectivity index (χ4v) is 5.13. The molecule has 2 aliphatic rings. The Morgan fingerprint density at radius 1 is 0.970 bits per heavy atom. The van der Waals surface area contributed by atoms with E-state index >= 15 is 0 Å². The fourth-order valence-electron chi connectivity index (χ4n) is 4.95. The summed E-state index contributed by atoms with van der Waals surface area (Å²) in [5.74, 6) is -0.974. The molecule has 0 amide bonds. The van der Waals surface area contributed by atoms with Gasteiger partial charge in [0.1, 0.15) is 11.8 Å². The van der Waals surface area contributed by atoms with Crippen LogP contribution in [0.5, 0.6) is 5.75 Å². The molecule has 2 heterocycles. The monoisotopic (exact) mass is 451 g/mol. The first kappa shape index (κ1) is 20.8. The number of rotatable bonds is 3. The van der Waals surface area contributed by atoms with E-state index in [9.17, 15) is 15.3 Å². The van der Waals surface area contributed by atoms with Crippen LogP contribution in [0, 0.1) is 28.1 Å². The highest BCUT2D eigenvalue weighted by atomic mass is 35.5. The van der Waals surface area contributed by atoms with Crippen LogP contribution >= 0.6 is 11.6 Å². The molecule has 3 aromatic carbocycles. The molecule has 3 aromatic rings. The van der Waals surface area contributed by atoms with Gasteiger partial charge in [0.25, 0.3) is 0 Å². The van der Waals surface area contributed by atoms with Crippen molar-refractivity contribution in [2.24, 2.45) is 5.41 Å². The largest absolute Gasteiger partial charge is 0.425 e. The molecule has 3 unspecified atom stereocenters. The lowest BCUT2D eigenvalue weighted by Crippen LogP contribution is -2.45. The highest BCUT2D eigenvalue weighted by Crippen LogP contribution is 2.55. The van der Waals surface area contributed by atoms with Crippen LogP contribution in [0.15, 0.2) is 84.9 Å². The van der Waals surface area contributed by atoms with E-state index in [-0.39, 0.29) is 0 Å². The van der Waals surface area contributed by atoms with Crippen LogP contribution in [0.2, 0.25) is 5.02 Å². The van der Waals surface area contributed by atoms with Gasteiger partial charge in [-0.2, -0.15) is 10.5 Å². The van der Waals surface area contributed by atoms with Gasteiger partial charge in [0.2, 0.25) is 0 Å². The normalized spacial score (nSPS) is 21.9. The summed E-state index contributed by atoms with van der Waals surface area (Å²) >= 11 is 6.08. The molecule has 1 fully saturated rings. The van der Waals surface area contributed by atoms with Crippen molar-refractivity contribution in [1.29, 1.82) is 10.5 Å². The molecular weight excluding hydrogens is 434 g/mol. The van der Waals surface area contributed by atoms with Gasteiger partial charge in [-0.3, -0.25) is 0 Å². The van der Waals surface area contributed by atoms with Crippen molar-refractivity contribution in [3.8, 4) is 17.9 Å². The number of anilines is 1. The van der Waals surface area contributed by atoms with E-state index < -0.39 is 29.4 Å². The maximum atomic E-state index is 13.7. The molecule has 0 aromatic heterocycles. The molecule has 2 aliphatic heterocycles. The molecule has 3 atom stereocenters. The lowest BCUT2D eigenvalue weighted by Gasteiger charge is -2.35. The number of para-hydroxylation sites is 1. The minimum absolute atomic E-state index is 0.308. The van der Waals surface area contributed by atoms with E-state index in [0.717, 1.165) is 16.8 Å².